The average molecular weight is 252 g/mol. The molecule has 18 heavy (non-hydrogen) atoms. The van der Waals surface area contributed by atoms with Gasteiger partial charge in [0.15, 0.2) is 0 Å². The molecular weight excluding hydrogens is 228 g/mol. The van der Waals surface area contributed by atoms with Crippen molar-refractivity contribution in [1.82, 2.24) is 0 Å². The van der Waals surface area contributed by atoms with E-state index in [9.17, 15) is 5.11 Å². The minimum absolute atomic E-state index is 0.227. The van der Waals surface area contributed by atoms with Gasteiger partial charge in [-0.1, -0.05) is 24.6 Å². The van der Waals surface area contributed by atoms with Crippen molar-refractivity contribution in [2.24, 2.45) is 5.92 Å². The van der Waals surface area contributed by atoms with Crippen LogP contribution in [0.15, 0.2) is 24.3 Å². The van der Waals surface area contributed by atoms with Crippen molar-refractivity contribution < 1.29 is 14.6 Å². The third-order valence-corrected chi connectivity index (χ3v) is 3.17. The molecule has 0 aliphatic carbocycles. The van der Waals surface area contributed by atoms with Gasteiger partial charge in [-0.15, -0.1) is 0 Å². The second-order valence-electron chi connectivity index (χ2n) is 4.55. The minimum atomic E-state index is 0.227. The van der Waals surface area contributed by atoms with Gasteiger partial charge in [0.1, 0.15) is 5.75 Å². The number of aliphatic hydroxyl groups excluding tert-OH is 1. The lowest BCUT2D eigenvalue weighted by molar-refractivity contribution is 0.180. The summed E-state index contributed by atoms with van der Waals surface area (Å²) in [5, 5.41) is 9.44. The van der Waals surface area contributed by atoms with Crippen molar-refractivity contribution in [2.45, 2.75) is 25.7 Å². The van der Waals surface area contributed by atoms with Gasteiger partial charge in [0.05, 0.1) is 7.11 Å². The first-order chi connectivity index (χ1) is 8.81. The molecular formula is C15H24O3. The molecule has 1 unspecified atom stereocenters. The van der Waals surface area contributed by atoms with Crippen LogP contribution in [-0.2, 0) is 11.2 Å². The normalized spacial score (nSPS) is 12.4. The smallest absolute Gasteiger partial charge is 0.122 e. The van der Waals surface area contributed by atoms with Crippen LogP contribution in [0.4, 0.5) is 0 Å². The number of para-hydroxylation sites is 1. The van der Waals surface area contributed by atoms with E-state index >= 15 is 0 Å². The second kappa shape index (κ2) is 8.95. The number of rotatable bonds is 9. The Morgan fingerprint density at radius 1 is 1.17 bits per heavy atom. The highest BCUT2D eigenvalue weighted by Gasteiger charge is 2.11. The zero-order chi connectivity index (χ0) is 13.2. The molecule has 3 heteroatoms. The summed E-state index contributed by atoms with van der Waals surface area (Å²) in [6.45, 7) is 1.03. The molecule has 0 saturated carbocycles. The SMILES string of the molecule is COCCCCC(CO)Cc1ccccc1OC. The molecule has 3 nitrogen and oxygen atoms in total. The quantitative estimate of drug-likeness (QED) is 0.687. The molecule has 0 aliphatic heterocycles. The predicted molar refractivity (Wildman–Crippen MR) is 73.0 cm³/mol. The summed E-state index contributed by atoms with van der Waals surface area (Å²) in [5.74, 6) is 1.21. The number of benzene rings is 1. The Bertz CT molecular complexity index is 325. The molecule has 0 bridgehead atoms. The highest BCUT2D eigenvalue weighted by Crippen LogP contribution is 2.23. The maximum absolute atomic E-state index is 9.44. The lowest BCUT2D eigenvalue weighted by Gasteiger charge is -2.16. The van der Waals surface area contributed by atoms with Gasteiger partial charge in [0.2, 0.25) is 0 Å². The van der Waals surface area contributed by atoms with Gasteiger partial charge < -0.3 is 14.6 Å². The van der Waals surface area contributed by atoms with E-state index in [1.807, 2.05) is 18.2 Å². The molecule has 0 radical (unpaired) electrons. The molecule has 1 aromatic rings. The summed E-state index contributed by atoms with van der Waals surface area (Å²) in [7, 11) is 3.41. The van der Waals surface area contributed by atoms with Gasteiger partial charge in [-0.25, -0.2) is 0 Å². The van der Waals surface area contributed by atoms with E-state index in [0.29, 0.717) is 5.92 Å². The second-order valence-corrected chi connectivity index (χ2v) is 4.55. The number of aliphatic hydroxyl groups is 1. The predicted octanol–water partition coefficient (Wildman–Crippen LogP) is 2.66. The van der Waals surface area contributed by atoms with Gasteiger partial charge >= 0.3 is 0 Å². The van der Waals surface area contributed by atoms with Crippen molar-refractivity contribution >= 4 is 0 Å². The number of hydrogen-bond acceptors (Lipinski definition) is 3. The fourth-order valence-electron chi connectivity index (χ4n) is 2.12. The number of ether oxygens (including phenoxy) is 2. The average Bonchev–Trinajstić information content (AvgIpc) is 2.42. The van der Waals surface area contributed by atoms with Gasteiger partial charge in [-0.2, -0.15) is 0 Å². The minimum Gasteiger partial charge on any atom is -0.496 e. The Labute approximate surface area is 110 Å². The fraction of sp³-hybridized carbons (Fsp3) is 0.600. The van der Waals surface area contributed by atoms with E-state index in [-0.39, 0.29) is 6.61 Å². The molecule has 0 aliphatic rings. The Morgan fingerprint density at radius 3 is 2.61 bits per heavy atom. The number of unbranched alkanes of at least 4 members (excludes halogenated alkanes) is 1. The molecule has 0 aromatic heterocycles. The Balaban J connectivity index is 2.46. The summed E-state index contributed by atoms with van der Waals surface area (Å²) in [6.07, 6.45) is 4.04. The van der Waals surface area contributed by atoms with Gasteiger partial charge in [0.25, 0.3) is 0 Å². The van der Waals surface area contributed by atoms with Crippen LogP contribution in [0.2, 0.25) is 0 Å². The number of methoxy groups -OCH3 is 2. The van der Waals surface area contributed by atoms with Crippen molar-refractivity contribution in [3.8, 4) is 5.75 Å². The maximum Gasteiger partial charge on any atom is 0.122 e. The zero-order valence-electron chi connectivity index (χ0n) is 11.4. The van der Waals surface area contributed by atoms with Crippen LogP contribution in [0.1, 0.15) is 24.8 Å². The van der Waals surface area contributed by atoms with Crippen LogP contribution in [-0.4, -0.2) is 32.5 Å². The van der Waals surface area contributed by atoms with Crippen molar-refractivity contribution in [3.63, 3.8) is 0 Å². The highest BCUT2D eigenvalue weighted by molar-refractivity contribution is 5.33. The summed E-state index contributed by atoms with van der Waals surface area (Å²) >= 11 is 0. The third-order valence-electron chi connectivity index (χ3n) is 3.17. The zero-order valence-corrected chi connectivity index (χ0v) is 11.4. The van der Waals surface area contributed by atoms with Crippen LogP contribution >= 0.6 is 0 Å². The van der Waals surface area contributed by atoms with Gasteiger partial charge in [-0.05, 0) is 36.8 Å². The highest BCUT2D eigenvalue weighted by atomic mass is 16.5. The van der Waals surface area contributed by atoms with Crippen LogP contribution in [0.3, 0.4) is 0 Å². The van der Waals surface area contributed by atoms with Crippen LogP contribution in [0, 0.1) is 5.92 Å². The van der Waals surface area contributed by atoms with Crippen LogP contribution < -0.4 is 4.74 Å². The fourth-order valence-corrected chi connectivity index (χ4v) is 2.12. The van der Waals surface area contributed by atoms with Crippen LogP contribution in [0.5, 0.6) is 5.75 Å². The van der Waals surface area contributed by atoms with E-state index in [2.05, 4.69) is 6.07 Å². The Kier molecular flexibility index (Phi) is 7.46. The van der Waals surface area contributed by atoms with Crippen molar-refractivity contribution in [1.29, 1.82) is 0 Å². The summed E-state index contributed by atoms with van der Waals surface area (Å²) < 4.78 is 10.4. The summed E-state index contributed by atoms with van der Waals surface area (Å²) in [5.41, 5.74) is 1.17. The first kappa shape index (κ1) is 15.0. The number of hydrogen-bond donors (Lipinski definition) is 1. The van der Waals surface area contributed by atoms with E-state index in [0.717, 1.165) is 38.0 Å². The maximum atomic E-state index is 9.44. The van der Waals surface area contributed by atoms with Crippen molar-refractivity contribution in [2.75, 3.05) is 27.4 Å². The largest absolute Gasteiger partial charge is 0.496 e. The molecule has 0 amide bonds. The monoisotopic (exact) mass is 252 g/mol. The van der Waals surface area contributed by atoms with E-state index < -0.39 is 0 Å². The molecule has 0 spiro atoms. The summed E-state index contributed by atoms with van der Waals surface area (Å²) in [4.78, 5) is 0. The molecule has 0 fully saturated rings. The third kappa shape index (κ3) is 5.07. The molecule has 0 saturated heterocycles. The first-order valence-corrected chi connectivity index (χ1v) is 6.53. The van der Waals surface area contributed by atoms with Crippen molar-refractivity contribution in [3.05, 3.63) is 29.8 Å². The molecule has 0 heterocycles. The first-order valence-electron chi connectivity index (χ1n) is 6.53. The molecule has 1 aromatic carbocycles. The topological polar surface area (TPSA) is 38.7 Å². The van der Waals surface area contributed by atoms with Gasteiger partial charge in [0, 0.05) is 20.3 Å². The van der Waals surface area contributed by atoms with Crippen LogP contribution in [0.25, 0.3) is 0 Å². The lowest BCUT2D eigenvalue weighted by atomic mass is 9.94. The van der Waals surface area contributed by atoms with E-state index in [1.165, 1.54) is 5.56 Å². The molecule has 1 N–H and O–H groups in total. The van der Waals surface area contributed by atoms with E-state index in [1.54, 1.807) is 14.2 Å². The summed E-state index contributed by atoms with van der Waals surface area (Å²) in [6, 6.07) is 8.01. The van der Waals surface area contributed by atoms with E-state index in [4.69, 9.17) is 9.47 Å². The van der Waals surface area contributed by atoms with Gasteiger partial charge in [-0.3, -0.25) is 0 Å². The Morgan fingerprint density at radius 2 is 1.94 bits per heavy atom. The molecule has 1 atom stereocenters. The Hall–Kier alpha value is -1.06. The molecule has 102 valence electrons. The standard InChI is InChI=1S/C15H24O3/c1-17-10-6-5-7-13(12-16)11-14-8-3-4-9-15(14)18-2/h3-4,8-9,13,16H,5-7,10-12H2,1-2H3. The molecule has 1 rings (SSSR count). The lowest BCUT2D eigenvalue weighted by Crippen LogP contribution is -2.10.